The summed E-state index contributed by atoms with van der Waals surface area (Å²) in [5, 5.41) is 0.791. The van der Waals surface area contributed by atoms with Gasteiger partial charge in [0, 0.05) is 24.2 Å². The number of pyridine rings is 1. The Balaban J connectivity index is 2.39. The van der Waals surface area contributed by atoms with E-state index < -0.39 is 0 Å². The van der Waals surface area contributed by atoms with Crippen molar-refractivity contribution in [1.29, 1.82) is 0 Å². The Morgan fingerprint density at radius 1 is 1.20 bits per heavy atom. The van der Waals surface area contributed by atoms with Crippen LogP contribution in [0.3, 0.4) is 0 Å². The molecule has 5 nitrogen and oxygen atoms in total. The molecular formula is C15H14N4O. The van der Waals surface area contributed by atoms with Crippen LogP contribution in [0.5, 0.6) is 0 Å². The number of nitrogen functional groups attached to an aromatic ring is 1. The van der Waals surface area contributed by atoms with Crippen LogP contribution in [0.4, 0.5) is 5.95 Å². The summed E-state index contributed by atoms with van der Waals surface area (Å²) in [6.07, 6.45) is 1.64. The number of hydrogen-bond acceptors (Lipinski definition) is 4. The molecule has 0 radical (unpaired) electrons. The van der Waals surface area contributed by atoms with Crippen LogP contribution in [-0.4, -0.2) is 14.5 Å². The number of anilines is 1. The first-order chi connectivity index (χ1) is 9.58. The van der Waals surface area contributed by atoms with E-state index >= 15 is 0 Å². The number of hydrogen-bond donors (Lipinski definition) is 1. The minimum Gasteiger partial charge on any atom is -0.368 e. The van der Waals surface area contributed by atoms with Crippen molar-refractivity contribution >= 4 is 17.0 Å². The fraction of sp³-hybridized carbons (Fsp3) is 0.133. The van der Waals surface area contributed by atoms with E-state index in [-0.39, 0.29) is 11.5 Å². The average Bonchev–Trinajstić information content (AvgIpc) is 2.44. The predicted molar refractivity (Wildman–Crippen MR) is 79.4 cm³/mol. The molecule has 2 aromatic heterocycles. The van der Waals surface area contributed by atoms with Gasteiger partial charge in [-0.05, 0) is 24.1 Å². The average molecular weight is 266 g/mol. The molecule has 0 atom stereocenters. The smallest absolute Gasteiger partial charge is 0.259 e. The second-order valence-corrected chi connectivity index (χ2v) is 4.74. The van der Waals surface area contributed by atoms with Crippen molar-refractivity contribution in [1.82, 2.24) is 14.5 Å². The first kappa shape index (κ1) is 12.3. The zero-order chi connectivity index (χ0) is 14.3. The number of rotatable bonds is 1. The largest absolute Gasteiger partial charge is 0.368 e. The minimum absolute atomic E-state index is 0.0927. The third kappa shape index (κ3) is 1.84. The second kappa shape index (κ2) is 4.45. The Bertz CT molecular complexity index is 867. The van der Waals surface area contributed by atoms with Gasteiger partial charge in [0.15, 0.2) is 0 Å². The van der Waals surface area contributed by atoms with Crippen LogP contribution in [0.1, 0.15) is 5.56 Å². The Kier molecular flexibility index (Phi) is 2.75. The molecule has 0 aliphatic carbocycles. The van der Waals surface area contributed by atoms with Crippen LogP contribution in [0.25, 0.3) is 22.2 Å². The summed E-state index contributed by atoms with van der Waals surface area (Å²) in [7, 11) is 1.69. The predicted octanol–water partition coefficient (Wildman–Crippen LogP) is 1.89. The number of aryl methyl sites for hydroxylation is 2. The number of nitrogens with two attached hydrogens (primary N) is 1. The summed E-state index contributed by atoms with van der Waals surface area (Å²) in [6.45, 7) is 1.98. The van der Waals surface area contributed by atoms with Crippen molar-refractivity contribution in [3.63, 3.8) is 0 Å². The number of nitrogens with zero attached hydrogens (tertiary/aromatic N) is 3. The molecule has 3 aromatic rings. The highest BCUT2D eigenvalue weighted by atomic mass is 16.1. The highest BCUT2D eigenvalue weighted by Gasteiger charge is 2.11. The molecule has 0 amide bonds. The molecule has 5 heteroatoms. The lowest BCUT2D eigenvalue weighted by atomic mass is 10.0. The molecule has 0 spiro atoms. The van der Waals surface area contributed by atoms with Gasteiger partial charge in [-0.3, -0.25) is 9.36 Å². The maximum atomic E-state index is 12.5. The third-order valence-corrected chi connectivity index (χ3v) is 3.40. The van der Waals surface area contributed by atoms with Gasteiger partial charge in [-0.25, -0.2) is 4.98 Å². The van der Waals surface area contributed by atoms with Gasteiger partial charge in [0.25, 0.3) is 5.56 Å². The summed E-state index contributed by atoms with van der Waals surface area (Å²) in [4.78, 5) is 20.6. The topological polar surface area (TPSA) is 73.8 Å². The highest BCUT2D eigenvalue weighted by Crippen LogP contribution is 2.22. The molecule has 20 heavy (non-hydrogen) atoms. The van der Waals surface area contributed by atoms with E-state index in [0.29, 0.717) is 11.2 Å². The van der Waals surface area contributed by atoms with Gasteiger partial charge in [-0.15, -0.1) is 0 Å². The van der Waals surface area contributed by atoms with E-state index in [1.165, 1.54) is 4.57 Å². The van der Waals surface area contributed by atoms with Crippen LogP contribution >= 0.6 is 0 Å². The van der Waals surface area contributed by atoms with Gasteiger partial charge >= 0.3 is 0 Å². The van der Waals surface area contributed by atoms with E-state index in [0.717, 1.165) is 16.5 Å². The van der Waals surface area contributed by atoms with Crippen LogP contribution in [0.15, 0.2) is 41.3 Å². The van der Waals surface area contributed by atoms with E-state index in [1.54, 1.807) is 13.2 Å². The maximum Gasteiger partial charge on any atom is 0.259 e. The van der Waals surface area contributed by atoms with Gasteiger partial charge in [0.2, 0.25) is 5.95 Å². The maximum absolute atomic E-state index is 12.5. The van der Waals surface area contributed by atoms with E-state index in [4.69, 9.17) is 5.73 Å². The lowest BCUT2D eigenvalue weighted by Gasteiger charge is -2.10. The zero-order valence-corrected chi connectivity index (χ0v) is 11.3. The molecule has 0 bridgehead atoms. The van der Waals surface area contributed by atoms with Crippen LogP contribution in [0, 0.1) is 6.92 Å². The van der Waals surface area contributed by atoms with Gasteiger partial charge in [0.1, 0.15) is 5.65 Å². The van der Waals surface area contributed by atoms with Crippen molar-refractivity contribution in [3.8, 4) is 11.1 Å². The van der Waals surface area contributed by atoms with E-state index in [9.17, 15) is 4.79 Å². The Hall–Kier alpha value is -2.69. The van der Waals surface area contributed by atoms with E-state index in [2.05, 4.69) is 9.97 Å². The van der Waals surface area contributed by atoms with E-state index in [1.807, 2.05) is 37.3 Å². The zero-order valence-electron chi connectivity index (χ0n) is 11.3. The van der Waals surface area contributed by atoms with Gasteiger partial charge in [-0.2, -0.15) is 4.98 Å². The van der Waals surface area contributed by atoms with Crippen molar-refractivity contribution < 1.29 is 0 Å². The van der Waals surface area contributed by atoms with Crippen LogP contribution in [-0.2, 0) is 7.05 Å². The quantitative estimate of drug-likeness (QED) is 0.730. The number of aromatic nitrogens is 3. The van der Waals surface area contributed by atoms with Crippen LogP contribution < -0.4 is 11.3 Å². The molecule has 0 unspecified atom stereocenters. The molecule has 0 saturated carbocycles. The summed E-state index contributed by atoms with van der Waals surface area (Å²) >= 11 is 0. The molecule has 3 rings (SSSR count). The molecule has 1 aromatic carbocycles. The lowest BCUT2D eigenvalue weighted by Crippen LogP contribution is -2.20. The number of benzene rings is 1. The molecule has 0 fully saturated rings. The highest BCUT2D eigenvalue weighted by molar-refractivity contribution is 5.82. The van der Waals surface area contributed by atoms with Crippen molar-refractivity contribution in [2.24, 2.45) is 7.05 Å². The second-order valence-electron chi connectivity index (χ2n) is 4.74. The summed E-state index contributed by atoms with van der Waals surface area (Å²) < 4.78 is 1.51. The first-order valence-corrected chi connectivity index (χ1v) is 6.26. The molecular weight excluding hydrogens is 252 g/mol. The number of fused-ring (bicyclic) bond motifs is 1. The first-order valence-electron chi connectivity index (χ1n) is 6.26. The summed E-state index contributed by atoms with van der Waals surface area (Å²) in [5.41, 5.74) is 8.65. The molecule has 0 aliphatic rings. The summed E-state index contributed by atoms with van der Waals surface area (Å²) in [5.74, 6) is 0.163. The van der Waals surface area contributed by atoms with Gasteiger partial charge < -0.3 is 5.73 Å². The summed E-state index contributed by atoms with van der Waals surface area (Å²) in [6, 6.07) is 9.62. The monoisotopic (exact) mass is 266 g/mol. The molecule has 0 saturated heterocycles. The van der Waals surface area contributed by atoms with Crippen molar-refractivity contribution in [2.45, 2.75) is 6.92 Å². The minimum atomic E-state index is -0.0927. The molecule has 0 aliphatic heterocycles. The van der Waals surface area contributed by atoms with Crippen molar-refractivity contribution in [2.75, 3.05) is 5.73 Å². The fourth-order valence-electron chi connectivity index (χ4n) is 2.33. The third-order valence-electron chi connectivity index (χ3n) is 3.40. The van der Waals surface area contributed by atoms with Gasteiger partial charge in [0.05, 0.1) is 0 Å². The Labute approximate surface area is 115 Å². The van der Waals surface area contributed by atoms with Crippen molar-refractivity contribution in [3.05, 3.63) is 52.4 Å². The SMILES string of the molecule is Cc1ccccc1-c1cc2cnc(N)nc2n(C)c1=O. The standard InChI is InChI=1S/C15H14N4O/c1-9-5-3-4-6-11(9)12-7-10-8-17-15(16)18-13(10)19(2)14(12)20/h3-8H,1-2H3,(H2,16,17,18). The molecule has 2 N–H and O–H groups in total. The Morgan fingerprint density at radius 2 is 1.95 bits per heavy atom. The van der Waals surface area contributed by atoms with Crippen LogP contribution in [0.2, 0.25) is 0 Å². The molecule has 100 valence electrons. The lowest BCUT2D eigenvalue weighted by molar-refractivity contribution is 0.887. The fourth-order valence-corrected chi connectivity index (χ4v) is 2.33. The Morgan fingerprint density at radius 3 is 2.70 bits per heavy atom. The normalized spacial score (nSPS) is 10.9. The molecule has 2 heterocycles. The van der Waals surface area contributed by atoms with Gasteiger partial charge in [-0.1, -0.05) is 24.3 Å².